The van der Waals surface area contributed by atoms with Crippen LogP contribution in [0.5, 0.6) is 0 Å². The smallest absolute Gasteiger partial charge is 0.319 e. The molecule has 0 unspecified atom stereocenters. The lowest BCUT2D eigenvalue weighted by atomic mass is 10.3. The maximum Gasteiger partial charge on any atom is 0.319 e. The summed E-state index contributed by atoms with van der Waals surface area (Å²) in [5.41, 5.74) is 1.45. The summed E-state index contributed by atoms with van der Waals surface area (Å²) in [4.78, 5) is 11.9. The number of nitrogens with zero attached hydrogens (tertiary/aromatic N) is 4. The quantitative estimate of drug-likeness (QED) is 0.694. The van der Waals surface area contributed by atoms with Gasteiger partial charge < -0.3 is 10.6 Å². The van der Waals surface area contributed by atoms with Gasteiger partial charge in [0.1, 0.15) is 0 Å². The topological polar surface area (TPSA) is 84.7 Å². The molecule has 7 nitrogen and oxygen atoms in total. The molecule has 0 saturated carbocycles. The molecule has 2 aromatic carbocycles. The third-order valence-electron chi connectivity index (χ3n) is 3.11. The molecule has 0 aliphatic heterocycles. The zero-order valence-electron chi connectivity index (χ0n) is 12.3. The number of urea groups is 1. The zero-order valence-corrected chi connectivity index (χ0v) is 14.6. The number of rotatable bonds is 4. The number of nitrogens with one attached hydrogen (secondary N) is 2. The molecule has 1 aromatic heterocycles. The average molecular weight is 408 g/mol. The van der Waals surface area contributed by atoms with Gasteiger partial charge in [-0.15, -0.1) is 5.10 Å². The van der Waals surface area contributed by atoms with Crippen LogP contribution in [-0.2, 0) is 6.54 Å². The van der Waals surface area contributed by atoms with Gasteiger partial charge in [0.2, 0.25) is 0 Å². The van der Waals surface area contributed by atoms with E-state index in [1.54, 1.807) is 28.9 Å². The average Bonchev–Trinajstić information content (AvgIpc) is 3.04. The molecule has 2 amide bonds. The second kappa shape index (κ2) is 7.41. The van der Waals surface area contributed by atoms with Crippen LogP contribution in [-0.4, -0.2) is 26.2 Å². The third-order valence-corrected chi connectivity index (χ3v) is 3.90. The van der Waals surface area contributed by atoms with Crippen LogP contribution < -0.4 is 10.6 Å². The van der Waals surface area contributed by atoms with E-state index in [1.165, 1.54) is 0 Å². The maximum atomic E-state index is 11.9. The van der Waals surface area contributed by atoms with Gasteiger partial charge >= 0.3 is 6.03 Å². The maximum absolute atomic E-state index is 11.9. The number of benzene rings is 2. The van der Waals surface area contributed by atoms with E-state index in [0.717, 1.165) is 10.2 Å². The van der Waals surface area contributed by atoms with Gasteiger partial charge in [0.25, 0.3) is 0 Å². The van der Waals surface area contributed by atoms with Crippen molar-refractivity contribution in [3.8, 4) is 5.69 Å². The van der Waals surface area contributed by atoms with Gasteiger partial charge in [-0.05, 0) is 59.0 Å². The van der Waals surface area contributed by atoms with Gasteiger partial charge in [-0.3, -0.25) is 0 Å². The van der Waals surface area contributed by atoms with Gasteiger partial charge in [0.05, 0.1) is 12.2 Å². The number of hydrogen-bond donors (Lipinski definition) is 2. The van der Waals surface area contributed by atoms with Crippen molar-refractivity contribution in [1.82, 2.24) is 25.5 Å². The Morgan fingerprint density at radius 1 is 1.12 bits per heavy atom. The molecule has 122 valence electrons. The Morgan fingerprint density at radius 3 is 2.54 bits per heavy atom. The van der Waals surface area contributed by atoms with Crippen molar-refractivity contribution in [3.63, 3.8) is 0 Å². The Labute approximate surface area is 151 Å². The molecular formula is C15H12BrClN6O. The van der Waals surface area contributed by atoms with Gasteiger partial charge in [-0.2, -0.15) is 4.68 Å². The lowest BCUT2D eigenvalue weighted by molar-refractivity contribution is 0.251. The van der Waals surface area contributed by atoms with E-state index in [4.69, 9.17) is 11.6 Å². The molecule has 0 fully saturated rings. The Balaban J connectivity index is 1.63. The number of aromatic nitrogens is 4. The van der Waals surface area contributed by atoms with E-state index in [9.17, 15) is 4.79 Å². The fraction of sp³-hybridized carbons (Fsp3) is 0.0667. The summed E-state index contributed by atoms with van der Waals surface area (Å²) < 4.78 is 2.52. The summed E-state index contributed by atoms with van der Waals surface area (Å²) in [5.74, 6) is 0.517. The molecule has 0 aliphatic rings. The van der Waals surface area contributed by atoms with Crippen LogP contribution in [0.15, 0.2) is 53.0 Å². The molecule has 0 spiro atoms. The van der Waals surface area contributed by atoms with E-state index in [0.29, 0.717) is 16.5 Å². The molecule has 2 N–H and O–H groups in total. The standard InChI is InChI=1S/C15H12BrClN6O/c16-10-1-7-13(8-2-10)23-14(20-21-22-23)9-18-15(24)19-12-5-3-11(17)4-6-12/h1-8H,9H2,(H2,18,19,24). The summed E-state index contributed by atoms with van der Waals surface area (Å²) in [5, 5.41) is 17.6. The zero-order chi connectivity index (χ0) is 16.9. The molecule has 0 atom stereocenters. The number of halogens is 2. The monoisotopic (exact) mass is 406 g/mol. The Morgan fingerprint density at radius 2 is 1.83 bits per heavy atom. The highest BCUT2D eigenvalue weighted by atomic mass is 79.9. The molecule has 1 heterocycles. The molecule has 9 heteroatoms. The Kier molecular flexibility index (Phi) is 5.07. The van der Waals surface area contributed by atoms with E-state index in [-0.39, 0.29) is 12.6 Å². The van der Waals surface area contributed by atoms with E-state index >= 15 is 0 Å². The predicted octanol–water partition coefficient (Wildman–Crippen LogP) is 3.40. The number of hydrogen-bond acceptors (Lipinski definition) is 4. The van der Waals surface area contributed by atoms with Crippen molar-refractivity contribution in [1.29, 1.82) is 0 Å². The third kappa shape index (κ3) is 4.09. The van der Waals surface area contributed by atoms with Crippen LogP contribution in [0.25, 0.3) is 5.69 Å². The highest BCUT2D eigenvalue weighted by Crippen LogP contribution is 2.14. The molecule has 24 heavy (non-hydrogen) atoms. The largest absolute Gasteiger partial charge is 0.330 e. The Hall–Kier alpha value is -2.45. The summed E-state index contributed by atoms with van der Waals surface area (Å²) in [6, 6.07) is 14.0. The van der Waals surface area contributed by atoms with Gasteiger partial charge in [0, 0.05) is 15.2 Å². The van der Waals surface area contributed by atoms with Crippen molar-refractivity contribution >= 4 is 39.2 Å². The van der Waals surface area contributed by atoms with E-state index < -0.39 is 0 Å². The van der Waals surface area contributed by atoms with Crippen molar-refractivity contribution in [2.24, 2.45) is 0 Å². The van der Waals surface area contributed by atoms with Crippen LogP contribution in [0, 0.1) is 0 Å². The Bertz CT molecular complexity index is 834. The molecule has 0 bridgehead atoms. The first-order valence-electron chi connectivity index (χ1n) is 6.95. The minimum absolute atomic E-state index is 0.183. The summed E-state index contributed by atoms with van der Waals surface area (Å²) in [6.07, 6.45) is 0. The summed E-state index contributed by atoms with van der Waals surface area (Å²) >= 11 is 9.18. The second-order valence-electron chi connectivity index (χ2n) is 4.80. The van der Waals surface area contributed by atoms with Crippen LogP contribution in [0.4, 0.5) is 10.5 Å². The number of carbonyl (C=O) groups is 1. The van der Waals surface area contributed by atoms with Crippen LogP contribution in [0.1, 0.15) is 5.82 Å². The molecule has 0 radical (unpaired) electrons. The van der Waals surface area contributed by atoms with Crippen molar-refractivity contribution in [3.05, 3.63) is 63.9 Å². The predicted molar refractivity (Wildman–Crippen MR) is 94.2 cm³/mol. The van der Waals surface area contributed by atoms with Crippen molar-refractivity contribution < 1.29 is 4.79 Å². The number of tetrazole rings is 1. The SMILES string of the molecule is O=C(NCc1nnnn1-c1ccc(Br)cc1)Nc1ccc(Cl)cc1. The van der Waals surface area contributed by atoms with Crippen molar-refractivity contribution in [2.45, 2.75) is 6.54 Å². The number of anilines is 1. The normalized spacial score (nSPS) is 10.4. The fourth-order valence-corrected chi connectivity index (χ4v) is 2.36. The highest BCUT2D eigenvalue weighted by molar-refractivity contribution is 9.10. The van der Waals surface area contributed by atoms with E-state index in [1.807, 2.05) is 24.3 Å². The fourth-order valence-electron chi connectivity index (χ4n) is 1.97. The minimum atomic E-state index is -0.359. The van der Waals surface area contributed by atoms with Gasteiger partial charge in [0.15, 0.2) is 5.82 Å². The lowest BCUT2D eigenvalue weighted by Gasteiger charge is -2.08. The highest BCUT2D eigenvalue weighted by Gasteiger charge is 2.10. The molecule has 0 aliphatic carbocycles. The molecular weight excluding hydrogens is 396 g/mol. The first kappa shape index (κ1) is 16.4. The van der Waals surface area contributed by atoms with E-state index in [2.05, 4.69) is 42.1 Å². The molecule has 0 saturated heterocycles. The first-order chi connectivity index (χ1) is 11.6. The van der Waals surface area contributed by atoms with Crippen molar-refractivity contribution in [2.75, 3.05) is 5.32 Å². The summed E-state index contributed by atoms with van der Waals surface area (Å²) in [7, 11) is 0. The molecule has 3 aromatic rings. The van der Waals surface area contributed by atoms with Gasteiger partial charge in [-0.25, -0.2) is 4.79 Å². The van der Waals surface area contributed by atoms with Gasteiger partial charge in [-0.1, -0.05) is 27.5 Å². The number of carbonyl (C=O) groups excluding carboxylic acids is 1. The molecule has 3 rings (SSSR count). The van der Waals surface area contributed by atoms with Crippen LogP contribution in [0.2, 0.25) is 5.02 Å². The van der Waals surface area contributed by atoms with Crippen LogP contribution >= 0.6 is 27.5 Å². The van der Waals surface area contributed by atoms with Crippen LogP contribution in [0.3, 0.4) is 0 Å². The minimum Gasteiger partial charge on any atom is -0.330 e. The number of amides is 2. The summed E-state index contributed by atoms with van der Waals surface area (Å²) in [6.45, 7) is 0.183. The second-order valence-corrected chi connectivity index (χ2v) is 6.15. The first-order valence-corrected chi connectivity index (χ1v) is 8.12. The lowest BCUT2D eigenvalue weighted by Crippen LogP contribution is -2.29.